The molecule has 1 rings (SSSR count). The highest BCUT2D eigenvalue weighted by Crippen LogP contribution is 2.18. The van der Waals surface area contributed by atoms with Crippen molar-refractivity contribution in [3.8, 4) is 0 Å². The number of hydrogen-bond acceptors (Lipinski definition) is 7. The zero-order valence-corrected chi connectivity index (χ0v) is 11.6. The minimum Gasteiger partial charge on any atom is -0.368 e. The zero-order valence-electron chi connectivity index (χ0n) is 10.0. The lowest BCUT2D eigenvalue weighted by molar-refractivity contribution is 0.521. The SMILES string of the molecule is CN(C)S(=O)(=O)CCNc1nc(NN)ncc1Cl. The third-order valence-electron chi connectivity index (χ3n) is 2.08. The molecule has 0 aliphatic rings. The van der Waals surface area contributed by atoms with Gasteiger partial charge in [0.05, 0.1) is 11.9 Å². The number of hydrazine groups is 1. The monoisotopic (exact) mass is 294 g/mol. The minimum atomic E-state index is -3.25. The second-order valence-corrected chi connectivity index (χ2v) is 6.27. The highest BCUT2D eigenvalue weighted by atomic mass is 35.5. The number of nitrogens with zero attached hydrogens (tertiary/aromatic N) is 3. The van der Waals surface area contributed by atoms with Crippen molar-refractivity contribution < 1.29 is 8.42 Å². The fourth-order valence-electron chi connectivity index (χ4n) is 1.04. The molecule has 8 nitrogen and oxygen atoms in total. The number of rotatable bonds is 6. The van der Waals surface area contributed by atoms with Gasteiger partial charge in [-0.2, -0.15) is 4.98 Å². The Hall–Kier alpha value is -1.16. The lowest BCUT2D eigenvalue weighted by Crippen LogP contribution is -2.28. The maximum absolute atomic E-state index is 11.5. The predicted octanol–water partition coefficient (Wildman–Crippen LogP) is -0.281. The molecular weight excluding hydrogens is 280 g/mol. The maximum Gasteiger partial charge on any atom is 0.239 e. The molecular formula is C8H15ClN6O2S. The van der Waals surface area contributed by atoms with Crippen LogP contribution in [0.15, 0.2) is 6.20 Å². The fourth-order valence-corrected chi connectivity index (χ4v) is 1.92. The van der Waals surface area contributed by atoms with Crippen LogP contribution in [0.1, 0.15) is 0 Å². The summed E-state index contributed by atoms with van der Waals surface area (Å²) in [4.78, 5) is 7.75. The molecule has 0 aliphatic heterocycles. The lowest BCUT2D eigenvalue weighted by atomic mass is 10.5. The van der Waals surface area contributed by atoms with Crippen molar-refractivity contribution in [2.24, 2.45) is 5.84 Å². The van der Waals surface area contributed by atoms with E-state index in [9.17, 15) is 8.42 Å². The molecule has 0 aromatic carbocycles. The number of sulfonamides is 1. The Bertz CT molecular complexity index is 506. The first-order chi connectivity index (χ1) is 8.36. The van der Waals surface area contributed by atoms with Crippen molar-refractivity contribution in [1.82, 2.24) is 14.3 Å². The van der Waals surface area contributed by atoms with Gasteiger partial charge in [0.25, 0.3) is 0 Å². The largest absolute Gasteiger partial charge is 0.368 e. The van der Waals surface area contributed by atoms with Crippen LogP contribution in [-0.2, 0) is 10.0 Å². The molecule has 0 atom stereocenters. The van der Waals surface area contributed by atoms with Gasteiger partial charge < -0.3 is 5.32 Å². The van der Waals surface area contributed by atoms with Crippen LogP contribution >= 0.6 is 11.6 Å². The molecule has 0 bridgehead atoms. The third-order valence-corrected chi connectivity index (χ3v) is 4.19. The van der Waals surface area contributed by atoms with E-state index in [1.165, 1.54) is 20.3 Å². The van der Waals surface area contributed by atoms with Gasteiger partial charge in [0.15, 0.2) is 5.82 Å². The van der Waals surface area contributed by atoms with E-state index in [2.05, 4.69) is 20.7 Å². The summed E-state index contributed by atoms with van der Waals surface area (Å²) in [6.45, 7) is 0.182. The molecule has 102 valence electrons. The number of nitrogens with one attached hydrogen (secondary N) is 2. The van der Waals surface area contributed by atoms with Crippen LogP contribution in [0.4, 0.5) is 11.8 Å². The highest BCUT2D eigenvalue weighted by Gasteiger charge is 2.13. The number of anilines is 2. The van der Waals surface area contributed by atoms with Crippen LogP contribution < -0.4 is 16.6 Å². The van der Waals surface area contributed by atoms with Crippen LogP contribution in [-0.4, -0.2) is 49.1 Å². The van der Waals surface area contributed by atoms with Gasteiger partial charge in [-0.15, -0.1) is 0 Å². The number of aromatic nitrogens is 2. The molecule has 0 unspecified atom stereocenters. The molecule has 0 amide bonds. The Kier molecular flexibility index (Phi) is 5.08. The van der Waals surface area contributed by atoms with Crippen LogP contribution in [0.5, 0.6) is 0 Å². The number of halogens is 1. The molecule has 0 saturated heterocycles. The number of hydrogen-bond donors (Lipinski definition) is 3. The molecule has 1 heterocycles. The first kappa shape index (κ1) is 14.9. The molecule has 0 fully saturated rings. The Morgan fingerprint density at radius 1 is 1.50 bits per heavy atom. The average Bonchev–Trinajstić information content (AvgIpc) is 2.31. The molecule has 1 aromatic heterocycles. The molecule has 1 aromatic rings. The fraction of sp³-hybridized carbons (Fsp3) is 0.500. The van der Waals surface area contributed by atoms with Crippen molar-refractivity contribution in [1.29, 1.82) is 0 Å². The molecule has 18 heavy (non-hydrogen) atoms. The molecule has 0 spiro atoms. The summed E-state index contributed by atoms with van der Waals surface area (Å²) in [7, 11) is -0.302. The average molecular weight is 295 g/mol. The summed E-state index contributed by atoms with van der Waals surface area (Å²) in [5.41, 5.74) is 2.27. The standard InChI is InChI=1S/C8H15ClN6O2S/c1-15(2)18(16,17)4-3-11-7-6(9)5-12-8(13-7)14-10/h5H,3-4,10H2,1-2H3,(H2,11,12,13,14). The Labute approximate surface area is 111 Å². The summed E-state index contributed by atoms with van der Waals surface area (Å²) < 4.78 is 24.2. The van der Waals surface area contributed by atoms with Gasteiger partial charge in [-0.05, 0) is 0 Å². The van der Waals surface area contributed by atoms with Gasteiger partial charge in [-0.3, -0.25) is 5.43 Å². The summed E-state index contributed by atoms with van der Waals surface area (Å²) in [5.74, 6) is 5.61. The number of nitrogens with two attached hydrogens (primary N) is 1. The summed E-state index contributed by atoms with van der Waals surface area (Å²) in [6.07, 6.45) is 1.37. The van der Waals surface area contributed by atoms with Crippen molar-refractivity contribution in [3.63, 3.8) is 0 Å². The molecule has 0 aliphatic carbocycles. The summed E-state index contributed by atoms with van der Waals surface area (Å²) in [6, 6.07) is 0. The van der Waals surface area contributed by atoms with Crippen molar-refractivity contribution >= 4 is 33.4 Å². The van der Waals surface area contributed by atoms with Crippen molar-refractivity contribution in [2.75, 3.05) is 37.1 Å². The molecule has 10 heteroatoms. The second-order valence-electron chi connectivity index (χ2n) is 3.56. The van der Waals surface area contributed by atoms with E-state index in [-0.39, 0.29) is 23.3 Å². The minimum absolute atomic E-state index is 0.0638. The normalized spacial score (nSPS) is 11.6. The highest BCUT2D eigenvalue weighted by molar-refractivity contribution is 7.89. The topological polar surface area (TPSA) is 113 Å². The molecule has 0 saturated carbocycles. The van der Waals surface area contributed by atoms with E-state index < -0.39 is 10.0 Å². The van der Waals surface area contributed by atoms with E-state index in [0.29, 0.717) is 5.82 Å². The maximum atomic E-state index is 11.5. The number of nitrogen functional groups attached to an aromatic ring is 1. The van der Waals surface area contributed by atoms with Crippen LogP contribution in [0, 0.1) is 0 Å². The first-order valence-electron chi connectivity index (χ1n) is 5.00. The van der Waals surface area contributed by atoms with Crippen LogP contribution in [0.2, 0.25) is 5.02 Å². The quantitative estimate of drug-likeness (QED) is 0.488. The predicted molar refractivity (Wildman–Crippen MR) is 70.8 cm³/mol. The Balaban J connectivity index is 2.64. The second kappa shape index (κ2) is 6.14. The summed E-state index contributed by atoms with van der Waals surface area (Å²) >= 11 is 5.85. The summed E-state index contributed by atoms with van der Waals surface area (Å²) in [5, 5.41) is 3.10. The lowest BCUT2D eigenvalue weighted by Gasteiger charge is -2.12. The van der Waals surface area contributed by atoms with Crippen molar-refractivity contribution in [3.05, 3.63) is 11.2 Å². The van der Waals surface area contributed by atoms with E-state index in [1.54, 1.807) is 0 Å². The van der Waals surface area contributed by atoms with Crippen LogP contribution in [0.3, 0.4) is 0 Å². The van der Waals surface area contributed by atoms with Gasteiger partial charge in [-0.25, -0.2) is 23.5 Å². The third kappa shape index (κ3) is 3.95. The van der Waals surface area contributed by atoms with Gasteiger partial charge in [0, 0.05) is 20.6 Å². The van der Waals surface area contributed by atoms with E-state index in [0.717, 1.165) is 4.31 Å². The Morgan fingerprint density at radius 3 is 2.72 bits per heavy atom. The van der Waals surface area contributed by atoms with E-state index in [1.807, 2.05) is 0 Å². The van der Waals surface area contributed by atoms with Crippen LogP contribution in [0.25, 0.3) is 0 Å². The molecule has 4 N–H and O–H groups in total. The molecule has 0 radical (unpaired) electrons. The zero-order chi connectivity index (χ0) is 13.8. The van der Waals surface area contributed by atoms with Gasteiger partial charge in [0.1, 0.15) is 5.02 Å². The smallest absolute Gasteiger partial charge is 0.239 e. The van der Waals surface area contributed by atoms with Gasteiger partial charge in [0.2, 0.25) is 16.0 Å². The van der Waals surface area contributed by atoms with Gasteiger partial charge >= 0.3 is 0 Å². The van der Waals surface area contributed by atoms with Gasteiger partial charge in [-0.1, -0.05) is 11.6 Å². The van der Waals surface area contributed by atoms with E-state index >= 15 is 0 Å². The van der Waals surface area contributed by atoms with Crippen molar-refractivity contribution in [2.45, 2.75) is 0 Å². The Morgan fingerprint density at radius 2 is 2.17 bits per heavy atom. The first-order valence-corrected chi connectivity index (χ1v) is 6.99. The van der Waals surface area contributed by atoms with E-state index in [4.69, 9.17) is 17.4 Å².